The molecule has 0 spiro atoms. The molecule has 4 aliphatic rings. The number of nitrogens with zero attached hydrogens (tertiary/aromatic N) is 5. The van der Waals surface area contributed by atoms with Crippen LogP contribution in [0.4, 0.5) is 13.2 Å². The quantitative estimate of drug-likeness (QED) is 0.236. The number of benzene rings is 2. The van der Waals surface area contributed by atoms with Crippen molar-refractivity contribution in [3.05, 3.63) is 99.1 Å². The minimum absolute atomic E-state index is 0.0188. The van der Waals surface area contributed by atoms with Gasteiger partial charge in [0.2, 0.25) is 5.78 Å². The number of fused-ring (bicyclic) bond motifs is 1. The summed E-state index contributed by atoms with van der Waals surface area (Å²) in [6, 6.07) is 12.3. The summed E-state index contributed by atoms with van der Waals surface area (Å²) in [4.78, 5) is 26.9. The van der Waals surface area contributed by atoms with Gasteiger partial charge in [0.25, 0.3) is 0 Å². The van der Waals surface area contributed by atoms with E-state index in [4.69, 9.17) is 0 Å². The van der Waals surface area contributed by atoms with Gasteiger partial charge in [0, 0.05) is 61.5 Å². The summed E-state index contributed by atoms with van der Waals surface area (Å²) >= 11 is 0. The van der Waals surface area contributed by atoms with Crippen LogP contribution in [0.1, 0.15) is 74.5 Å². The molecule has 1 saturated heterocycles. The van der Waals surface area contributed by atoms with Crippen molar-refractivity contribution in [1.29, 1.82) is 0 Å². The van der Waals surface area contributed by atoms with Crippen molar-refractivity contribution in [2.75, 3.05) is 33.2 Å². The van der Waals surface area contributed by atoms with Gasteiger partial charge in [-0.1, -0.05) is 24.3 Å². The minimum atomic E-state index is -4.48. The first kappa shape index (κ1) is 29.2. The number of ketones is 1. The molecule has 0 unspecified atom stereocenters. The number of imidazole rings is 1. The Balaban J connectivity index is 1.09. The Hall–Kier alpha value is -3.56. The maximum Gasteiger partial charge on any atom is 0.416 e. The maximum atomic E-state index is 14.1. The Kier molecular flexibility index (Phi) is 6.79. The molecule has 0 radical (unpaired) electrons. The third kappa shape index (κ3) is 4.85. The Morgan fingerprint density at radius 3 is 2.36 bits per heavy atom. The third-order valence-corrected chi connectivity index (χ3v) is 10.3. The topological polar surface area (TPSA) is 53.7 Å². The molecule has 8 rings (SSSR count). The van der Waals surface area contributed by atoms with Crippen molar-refractivity contribution in [2.24, 2.45) is 0 Å². The van der Waals surface area contributed by atoms with Crippen LogP contribution in [-0.4, -0.2) is 63.2 Å². The van der Waals surface area contributed by atoms with Crippen LogP contribution in [0.25, 0.3) is 5.78 Å². The predicted molar refractivity (Wildman–Crippen MR) is 163 cm³/mol. The van der Waals surface area contributed by atoms with E-state index in [2.05, 4.69) is 44.1 Å². The molecule has 4 fully saturated rings. The van der Waals surface area contributed by atoms with E-state index in [9.17, 15) is 18.0 Å². The Morgan fingerprint density at radius 1 is 0.932 bits per heavy atom. The Morgan fingerprint density at radius 2 is 1.66 bits per heavy atom. The molecule has 0 amide bonds. The number of hydrogen-bond acceptors (Lipinski definition) is 5. The van der Waals surface area contributed by atoms with Crippen molar-refractivity contribution in [3.63, 3.8) is 0 Å². The maximum absolute atomic E-state index is 14.1. The summed E-state index contributed by atoms with van der Waals surface area (Å²) in [6.07, 6.45) is 0.392. The molecule has 0 N–H and O–H groups in total. The normalized spacial score (nSPS) is 23.9. The van der Waals surface area contributed by atoms with E-state index >= 15 is 0 Å². The summed E-state index contributed by atoms with van der Waals surface area (Å²) < 4.78 is 44.5. The number of halogens is 3. The van der Waals surface area contributed by atoms with Crippen LogP contribution < -0.4 is 0 Å². The van der Waals surface area contributed by atoms with E-state index in [0.29, 0.717) is 11.1 Å². The van der Waals surface area contributed by atoms with Crippen LogP contribution >= 0.6 is 0 Å². The number of aryl methyl sites for hydroxylation is 3. The van der Waals surface area contributed by atoms with Crippen LogP contribution in [0.15, 0.2) is 48.7 Å². The molecule has 0 atom stereocenters. The van der Waals surface area contributed by atoms with Crippen LogP contribution in [0.2, 0.25) is 0 Å². The number of aromatic nitrogens is 3. The first-order valence-corrected chi connectivity index (χ1v) is 15.4. The van der Waals surface area contributed by atoms with Gasteiger partial charge in [0.05, 0.1) is 17.5 Å². The SMILES string of the molecule is Cc1cc(C)n2c(C34CC(c5cc(C(=O)Cc6ccc(CN7CCN(C)CC7)c(C(F)(F)F)c6)ccc5C)(C3)C4)cnc2n1. The zero-order valence-corrected chi connectivity index (χ0v) is 25.8. The second-order valence-electron chi connectivity index (χ2n) is 13.6. The number of alkyl halides is 3. The van der Waals surface area contributed by atoms with E-state index in [0.717, 1.165) is 68.2 Å². The van der Waals surface area contributed by atoms with Crippen LogP contribution in [-0.2, 0) is 30.0 Å². The van der Waals surface area contributed by atoms with Crippen molar-refractivity contribution in [1.82, 2.24) is 24.2 Å². The molecule has 4 aromatic rings. The highest BCUT2D eigenvalue weighted by Gasteiger charge is 2.70. The fourth-order valence-corrected chi connectivity index (χ4v) is 8.08. The van der Waals surface area contributed by atoms with Gasteiger partial charge in [0.15, 0.2) is 5.78 Å². The minimum Gasteiger partial charge on any atom is -0.304 e. The van der Waals surface area contributed by atoms with Crippen molar-refractivity contribution in [2.45, 2.75) is 70.0 Å². The Labute approximate surface area is 255 Å². The zero-order chi connectivity index (χ0) is 31.0. The summed E-state index contributed by atoms with van der Waals surface area (Å²) in [5, 5.41) is 0. The summed E-state index contributed by atoms with van der Waals surface area (Å²) in [7, 11) is 2.02. The lowest BCUT2D eigenvalue weighted by Gasteiger charge is -2.71. The molecule has 2 aromatic carbocycles. The molecule has 1 aliphatic heterocycles. The zero-order valence-electron chi connectivity index (χ0n) is 25.8. The highest BCUT2D eigenvalue weighted by molar-refractivity contribution is 5.98. The first-order chi connectivity index (χ1) is 20.9. The molecule has 2 aromatic heterocycles. The smallest absolute Gasteiger partial charge is 0.304 e. The van der Waals surface area contributed by atoms with E-state index in [1.165, 1.54) is 17.3 Å². The summed E-state index contributed by atoms with van der Waals surface area (Å²) in [6.45, 7) is 9.56. The van der Waals surface area contributed by atoms with Gasteiger partial charge in [-0.3, -0.25) is 14.1 Å². The van der Waals surface area contributed by atoms with E-state index < -0.39 is 11.7 Å². The summed E-state index contributed by atoms with van der Waals surface area (Å²) in [5.74, 6) is 0.576. The lowest BCUT2D eigenvalue weighted by Crippen LogP contribution is -2.67. The lowest BCUT2D eigenvalue weighted by molar-refractivity contribution is -0.138. The van der Waals surface area contributed by atoms with Crippen molar-refractivity contribution >= 4 is 11.6 Å². The fourth-order valence-electron chi connectivity index (χ4n) is 8.08. The number of hydrogen-bond donors (Lipinski definition) is 0. The van der Waals surface area contributed by atoms with E-state index in [1.54, 1.807) is 12.1 Å². The highest BCUT2D eigenvalue weighted by Crippen LogP contribution is 2.74. The number of likely N-dealkylation sites (N-methyl/N-ethyl adjacent to an activating group) is 1. The number of rotatable bonds is 7. The second kappa shape index (κ2) is 10.2. The van der Waals surface area contributed by atoms with Crippen LogP contribution in [0, 0.1) is 20.8 Å². The number of piperazine rings is 1. The van der Waals surface area contributed by atoms with E-state index in [1.807, 2.05) is 38.4 Å². The van der Waals surface area contributed by atoms with Gasteiger partial charge in [0.1, 0.15) is 0 Å². The first-order valence-electron chi connectivity index (χ1n) is 15.4. The van der Waals surface area contributed by atoms with Gasteiger partial charge in [-0.15, -0.1) is 0 Å². The number of carbonyl (C=O) groups is 1. The lowest BCUT2D eigenvalue weighted by atomic mass is 9.32. The second-order valence-corrected chi connectivity index (χ2v) is 13.6. The van der Waals surface area contributed by atoms with Crippen LogP contribution in [0.5, 0.6) is 0 Å². The standard InChI is InChI=1S/C35H38F3N5O/c1-22-5-7-26(16-28(22)33-19-34(20-33,21-33)31-17-39-32-40-23(2)13-24(3)43(31)32)30(44)15-25-6-8-27(29(14-25)35(36,37)38)18-42-11-9-41(4)10-12-42/h5-8,13-14,16-17H,9-12,15,18-21H2,1-4H3. The van der Waals surface area contributed by atoms with E-state index in [-0.39, 0.29) is 35.1 Å². The average molecular weight is 602 g/mol. The summed E-state index contributed by atoms with van der Waals surface area (Å²) in [5.41, 5.74) is 6.28. The molecular formula is C35H38F3N5O. The van der Waals surface area contributed by atoms with Crippen molar-refractivity contribution in [3.8, 4) is 0 Å². The van der Waals surface area contributed by atoms with Crippen LogP contribution in [0.3, 0.4) is 0 Å². The molecule has 3 aliphatic carbocycles. The van der Waals surface area contributed by atoms with Gasteiger partial charge in [-0.05, 0) is 92.9 Å². The molecule has 2 bridgehead atoms. The molecule has 6 nitrogen and oxygen atoms in total. The van der Waals surface area contributed by atoms with Gasteiger partial charge in [-0.25, -0.2) is 9.97 Å². The predicted octanol–water partition coefficient (Wildman–Crippen LogP) is 6.22. The molecule has 230 valence electrons. The number of carbonyl (C=O) groups excluding carboxylic acids is 1. The largest absolute Gasteiger partial charge is 0.416 e. The molecule has 3 heterocycles. The highest BCUT2D eigenvalue weighted by atomic mass is 19.4. The van der Waals surface area contributed by atoms with Gasteiger partial charge in [-0.2, -0.15) is 13.2 Å². The Bertz CT molecular complexity index is 1760. The molecular weight excluding hydrogens is 563 g/mol. The number of Topliss-reactive ketones (excluding diaryl/α,β-unsaturated/α-hetero) is 1. The third-order valence-electron chi connectivity index (χ3n) is 10.3. The monoisotopic (exact) mass is 601 g/mol. The fraction of sp³-hybridized carbons (Fsp3) is 0.457. The van der Waals surface area contributed by atoms with Crippen molar-refractivity contribution < 1.29 is 18.0 Å². The average Bonchev–Trinajstić information content (AvgIpc) is 3.33. The van der Waals surface area contributed by atoms with Gasteiger partial charge < -0.3 is 4.90 Å². The van der Waals surface area contributed by atoms with Gasteiger partial charge >= 0.3 is 6.18 Å². The molecule has 3 saturated carbocycles. The molecule has 44 heavy (non-hydrogen) atoms. The molecule has 9 heteroatoms.